The number of aryl methyl sites for hydroxylation is 2. The highest BCUT2D eigenvalue weighted by molar-refractivity contribution is 5.94. The number of likely N-dealkylation sites (N-methyl/N-ethyl adjacent to an activating group) is 1. The zero-order valence-corrected chi connectivity index (χ0v) is 17.4. The summed E-state index contributed by atoms with van der Waals surface area (Å²) in [5.74, 6) is 0.163. The Labute approximate surface area is 174 Å². The van der Waals surface area contributed by atoms with Gasteiger partial charge >= 0.3 is 5.69 Å². The molecule has 30 heavy (non-hydrogen) atoms. The molecule has 0 aliphatic rings. The molecular weight excluding hydrogens is 384 g/mol. The van der Waals surface area contributed by atoms with E-state index in [1.54, 1.807) is 47.6 Å². The number of aromatic nitrogens is 2. The van der Waals surface area contributed by atoms with Gasteiger partial charge in [0.25, 0.3) is 0 Å². The lowest BCUT2D eigenvalue weighted by molar-refractivity contribution is -0.134. The van der Waals surface area contributed by atoms with Gasteiger partial charge in [0.05, 0.1) is 24.7 Å². The molecule has 8 heteroatoms. The van der Waals surface area contributed by atoms with E-state index in [1.807, 2.05) is 31.2 Å². The van der Waals surface area contributed by atoms with Gasteiger partial charge in [-0.15, -0.1) is 0 Å². The number of hydrogen-bond donors (Lipinski definition) is 1. The Balaban J connectivity index is 1.63. The van der Waals surface area contributed by atoms with Crippen LogP contribution < -0.4 is 15.7 Å². The van der Waals surface area contributed by atoms with Crippen LogP contribution in [0.5, 0.6) is 5.75 Å². The second-order valence-corrected chi connectivity index (χ2v) is 6.92. The molecule has 0 aliphatic carbocycles. The number of hydrogen-bond acceptors (Lipinski definition) is 4. The normalized spacial score (nSPS) is 10.8. The molecule has 0 saturated heterocycles. The summed E-state index contributed by atoms with van der Waals surface area (Å²) in [6.45, 7) is 2.42. The minimum absolute atomic E-state index is 0.0586. The van der Waals surface area contributed by atoms with Crippen molar-refractivity contribution in [3.63, 3.8) is 0 Å². The molecule has 3 aromatic rings. The van der Waals surface area contributed by atoms with Crippen molar-refractivity contribution in [2.24, 2.45) is 7.05 Å². The molecule has 0 atom stereocenters. The number of imidazole rings is 1. The highest BCUT2D eigenvalue weighted by Gasteiger charge is 2.17. The fourth-order valence-corrected chi connectivity index (χ4v) is 3.40. The van der Waals surface area contributed by atoms with Crippen molar-refractivity contribution in [2.75, 3.05) is 25.5 Å². The number of ether oxygens (including phenoxy) is 1. The SMILES string of the molecule is CCN(CC(=O)Nc1cccc(OC)c1)C(=O)CCn1c(=O)n(C)c2ccccc21. The summed E-state index contributed by atoms with van der Waals surface area (Å²) in [5.41, 5.74) is 2.05. The van der Waals surface area contributed by atoms with E-state index in [9.17, 15) is 14.4 Å². The zero-order chi connectivity index (χ0) is 21.7. The van der Waals surface area contributed by atoms with Gasteiger partial charge in [0.1, 0.15) is 5.75 Å². The van der Waals surface area contributed by atoms with Crippen LogP contribution in [0.4, 0.5) is 5.69 Å². The number of methoxy groups -OCH3 is 1. The van der Waals surface area contributed by atoms with Crippen LogP contribution in [0.15, 0.2) is 53.3 Å². The lowest BCUT2D eigenvalue weighted by Crippen LogP contribution is -2.38. The van der Waals surface area contributed by atoms with Crippen molar-refractivity contribution in [3.05, 3.63) is 59.0 Å². The minimum Gasteiger partial charge on any atom is -0.497 e. The van der Waals surface area contributed by atoms with Gasteiger partial charge in [0, 0.05) is 38.3 Å². The number of carbonyl (C=O) groups is 2. The van der Waals surface area contributed by atoms with E-state index in [-0.39, 0.29) is 37.0 Å². The first kappa shape index (κ1) is 21.2. The smallest absolute Gasteiger partial charge is 0.328 e. The number of anilines is 1. The number of rotatable bonds is 8. The van der Waals surface area contributed by atoms with Crippen molar-refractivity contribution >= 4 is 28.5 Å². The fourth-order valence-electron chi connectivity index (χ4n) is 3.40. The monoisotopic (exact) mass is 410 g/mol. The van der Waals surface area contributed by atoms with Gasteiger partial charge in [-0.3, -0.25) is 18.7 Å². The third-order valence-electron chi connectivity index (χ3n) is 5.02. The summed E-state index contributed by atoms with van der Waals surface area (Å²) in [4.78, 5) is 39.1. The predicted octanol–water partition coefficient (Wildman–Crippen LogP) is 2.23. The Kier molecular flexibility index (Phi) is 6.56. The molecule has 158 valence electrons. The Morgan fingerprint density at radius 2 is 1.83 bits per heavy atom. The Hall–Kier alpha value is -3.55. The first-order valence-corrected chi connectivity index (χ1v) is 9.80. The maximum Gasteiger partial charge on any atom is 0.328 e. The van der Waals surface area contributed by atoms with E-state index in [2.05, 4.69) is 5.32 Å². The van der Waals surface area contributed by atoms with Gasteiger partial charge in [-0.1, -0.05) is 18.2 Å². The number of nitrogens with zero attached hydrogens (tertiary/aromatic N) is 3. The standard InChI is InChI=1S/C22H26N4O4/c1-4-25(15-20(27)23-16-8-7-9-17(14-16)30-3)21(28)12-13-26-19-11-6-5-10-18(19)24(2)22(26)29/h5-11,14H,4,12-13,15H2,1-3H3,(H,23,27). The van der Waals surface area contributed by atoms with E-state index in [1.165, 1.54) is 4.90 Å². The van der Waals surface area contributed by atoms with E-state index < -0.39 is 0 Å². The average Bonchev–Trinajstić information content (AvgIpc) is 3.00. The molecule has 0 unspecified atom stereocenters. The van der Waals surface area contributed by atoms with Crippen molar-refractivity contribution < 1.29 is 14.3 Å². The van der Waals surface area contributed by atoms with Gasteiger partial charge in [0.2, 0.25) is 11.8 Å². The number of para-hydroxylation sites is 2. The highest BCUT2D eigenvalue weighted by atomic mass is 16.5. The number of benzene rings is 2. The van der Waals surface area contributed by atoms with Crippen molar-refractivity contribution in [2.45, 2.75) is 19.9 Å². The quantitative estimate of drug-likeness (QED) is 0.617. The lowest BCUT2D eigenvalue weighted by atomic mass is 10.3. The molecule has 3 rings (SSSR count). The van der Waals surface area contributed by atoms with Crippen molar-refractivity contribution in [3.8, 4) is 5.75 Å². The van der Waals surface area contributed by atoms with Crippen LogP contribution >= 0.6 is 0 Å². The van der Waals surface area contributed by atoms with Gasteiger partial charge in [0.15, 0.2) is 0 Å². The van der Waals surface area contributed by atoms with Gasteiger partial charge in [-0.05, 0) is 31.2 Å². The van der Waals surface area contributed by atoms with Crippen LogP contribution in [-0.2, 0) is 23.2 Å². The van der Waals surface area contributed by atoms with Gasteiger partial charge < -0.3 is 15.0 Å². The van der Waals surface area contributed by atoms with E-state index in [0.717, 1.165) is 11.0 Å². The molecule has 0 aliphatic heterocycles. The molecule has 0 spiro atoms. The van der Waals surface area contributed by atoms with Crippen LogP contribution in [0.3, 0.4) is 0 Å². The summed E-state index contributed by atoms with van der Waals surface area (Å²) in [6.07, 6.45) is 0.133. The molecule has 0 bridgehead atoms. The van der Waals surface area contributed by atoms with Crippen molar-refractivity contribution in [1.82, 2.24) is 14.0 Å². The van der Waals surface area contributed by atoms with Crippen molar-refractivity contribution in [1.29, 1.82) is 0 Å². The minimum atomic E-state index is -0.291. The molecule has 2 aromatic carbocycles. The molecule has 1 N–H and O–H groups in total. The predicted molar refractivity (Wildman–Crippen MR) is 116 cm³/mol. The summed E-state index contributed by atoms with van der Waals surface area (Å²) in [5, 5.41) is 2.78. The molecule has 8 nitrogen and oxygen atoms in total. The zero-order valence-electron chi connectivity index (χ0n) is 17.4. The molecule has 1 heterocycles. The molecule has 2 amide bonds. The molecule has 0 fully saturated rings. The maximum atomic E-state index is 12.7. The average molecular weight is 410 g/mol. The van der Waals surface area contributed by atoms with Gasteiger partial charge in [-0.25, -0.2) is 4.79 Å². The third kappa shape index (κ3) is 4.53. The van der Waals surface area contributed by atoms with Gasteiger partial charge in [-0.2, -0.15) is 0 Å². The second kappa shape index (κ2) is 9.30. The highest BCUT2D eigenvalue weighted by Crippen LogP contribution is 2.17. The Morgan fingerprint density at radius 3 is 2.53 bits per heavy atom. The number of carbonyl (C=O) groups excluding carboxylic acids is 2. The summed E-state index contributed by atoms with van der Waals surface area (Å²) >= 11 is 0. The number of fused-ring (bicyclic) bond motifs is 1. The number of nitrogens with one attached hydrogen (secondary N) is 1. The number of amides is 2. The molecular formula is C22H26N4O4. The summed E-state index contributed by atoms with van der Waals surface area (Å²) < 4.78 is 8.31. The Morgan fingerprint density at radius 1 is 1.10 bits per heavy atom. The second-order valence-electron chi connectivity index (χ2n) is 6.92. The van der Waals surface area contributed by atoms with Crippen LogP contribution in [0, 0.1) is 0 Å². The van der Waals surface area contributed by atoms with E-state index >= 15 is 0 Å². The van der Waals surface area contributed by atoms with Crippen LogP contribution in [0.1, 0.15) is 13.3 Å². The fraction of sp³-hybridized carbons (Fsp3) is 0.318. The Bertz CT molecular complexity index is 1120. The summed E-state index contributed by atoms with van der Waals surface area (Å²) in [7, 11) is 3.27. The first-order valence-electron chi connectivity index (χ1n) is 9.80. The largest absolute Gasteiger partial charge is 0.497 e. The maximum absolute atomic E-state index is 12.7. The lowest BCUT2D eigenvalue weighted by Gasteiger charge is -2.20. The van der Waals surface area contributed by atoms with E-state index in [4.69, 9.17) is 4.74 Å². The topological polar surface area (TPSA) is 85.6 Å². The molecule has 1 aromatic heterocycles. The summed E-state index contributed by atoms with van der Waals surface area (Å²) in [6, 6.07) is 14.5. The van der Waals surface area contributed by atoms with Crippen LogP contribution in [0.2, 0.25) is 0 Å². The first-order chi connectivity index (χ1) is 14.4. The van der Waals surface area contributed by atoms with E-state index in [0.29, 0.717) is 18.0 Å². The molecule has 0 saturated carbocycles. The van der Waals surface area contributed by atoms with Crippen LogP contribution in [-0.4, -0.2) is 46.0 Å². The van der Waals surface area contributed by atoms with Crippen LogP contribution in [0.25, 0.3) is 11.0 Å². The third-order valence-corrected chi connectivity index (χ3v) is 5.02. The molecule has 0 radical (unpaired) electrons.